The van der Waals surface area contributed by atoms with Crippen LogP contribution in [0.25, 0.3) is 11.4 Å². The van der Waals surface area contributed by atoms with Crippen molar-refractivity contribution in [1.82, 2.24) is 25.3 Å². The number of hydrogen-bond donors (Lipinski definition) is 1. The smallest absolute Gasteiger partial charge is 0.337 e. The molecule has 9 heteroatoms. The number of piperazine rings is 1. The first-order chi connectivity index (χ1) is 16.9. The highest BCUT2D eigenvalue weighted by molar-refractivity contribution is 5.89. The van der Waals surface area contributed by atoms with Crippen LogP contribution in [0, 0.1) is 6.92 Å². The van der Waals surface area contributed by atoms with Gasteiger partial charge in [-0.15, -0.1) is 0 Å². The fraction of sp³-hybridized carbons (Fsp3) is 0.385. The molecule has 0 saturated carbocycles. The summed E-state index contributed by atoms with van der Waals surface area (Å²) >= 11 is 0. The largest absolute Gasteiger partial charge is 0.465 e. The highest BCUT2D eigenvalue weighted by Gasteiger charge is 2.26. The summed E-state index contributed by atoms with van der Waals surface area (Å²) in [5.74, 6) is 0.802. The zero-order valence-corrected chi connectivity index (χ0v) is 20.4. The second-order valence-corrected chi connectivity index (χ2v) is 8.77. The fourth-order valence-corrected chi connectivity index (χ4v) is 4.02. The SMILES string of the molecule is COC(=O)c1ccc(CNC(=O)[C@@H](C)N2CCN(Cc3nc(-c4ccc(C)cc4)no3)CC2)cc1. The molecule has 0 bridgehead atoms. The number of aryl methyl sites for hydroxylation is 1. The molecule has 0 spiro atoms. The Kier molecular flexibility index (Phi) is 7.89. The van der Waals surface area contributed by atoms with Gasteiger partial charge in [-0.2, -0.15) is 4.98 Å². The number of amides is 1. The van der Waals surface area contributed by atoms with E-state index < -0.39 is 0 Å². The van der Waals surface area contributed by atoms with Gasteiger partial charge < -0.3 is 14.6 Å². The van der Waals surface area contributed by atoms with E-state index in [1.54, 1.807) is 12.1 Å². The van der Waals surface area contributed by atoms with Gasteiger partial charge in [0.2, 0.25) is 17.6 Å². The van der Waals surface area contributed by atoms with Gasteiger partial charge in [-0.1, -0.05) is 47.1 Å². The van der Waals surface area contributed by atoms with Crippen LogP contribution < -0.4 is 5.32 Å². The lowest BCUT2D eigenvalue weighted by Crippen LogP contribution is -2.53. The minimum Gasteiger partial charge on any atom is -0.465 e. The molecule has 4 rings (SSSR count). The molecule has 1 aliphatic rings. The lowest BCUT2D eigenvalue weighted by Gasteiger charge is -2.36. The van der Waals surface area contributed by atoms with Crippen LogP contribution in [-0.4, -0.2) is 71.1 Å². The number of aromatic nitrogens is 2. The van der Waals surface area contributed by atoms with E-state index in [0.29, 0.717) is 30.4 Å². The number of nitrogens with one attached hydrogen (secondary N) is 1. The number of ether oxygens (including phenoxy) is 1. The summed E-state index contributed by atoms with van der Waals surface area (Å²) in [7, 11) is 1.35. The number of methoxy groups -OCH3 is 1. The standard InChI is InChI=1S/C26H31N5O4/c1-18-4-8-21(9-5-18)24-28-23(35-29-24)17-30-12-14-31(15-13-30)19(2)25(32)27-16-20-6-10-22(11-7-20)26(33)34-3/h4-11,19H,12-17H2,1-3H3,(H,27,32)/t19-/m1/s1. The third kappa shape index (κ3) is 6.32. The molecule has 0 radical (unpaired) electrons. The summed E-state index contributed by atoms with van der Waals surface area (Å²) in [5.41, 5.74) is 3.54. The second kappa shape index (κ2) is 11.2. The van der Waals surface area contributed by atoms with E-state index in [-0.39, 0.29) is 17.9 Å². The van der Waals surface area contributed by atoms with Gasteiger partial charge in [0.15, 0.2) is 0 Å². The van der Waals surface area contributed by atoms with Gasteiger partial charge in [0.25, 0.3) is 0 Å². The Morgan fingerprint density at radius 1 is 1.06 bits per heavy atom. The lowest BCUT2D eigenvalue weighted by molar-refractivity contribution is -0.126. The van der Waals surface area contributed by atoms with Crippen LogP contribution >= 0.6 is 0 Å². The first kappa shape index (κ1) is 24.6. The van der Waals surface area contributed by atoms with Crippen molar-refractivity contribution in [3.63, 3.8) is 0 Å². The van der Waals surface area contributed by atoms with Crippen LogP contribution in [0.15, 0.2) is 53.1 Å². The highest BCUT2D eigenvalue weighted by atomic mass is 16.5. The number of benzene rings is 2. The molecule has 1 fully saturated rings. The van der Waals surface area contributed by atoms with Crippen molar-refractivity contribution >= 4 is 11.9 Å². The number of carbonyl (C=O) groups excluding carboxylic acids is 2. The fourth-order valence-electron chi connectivity index (χ4n) is 4.02. The van der Waals surface area contributed by atoms with E-state index in [9.17, 15) is 9.59 Å². The van der Waals surface area contributed by atoms with Crippen LogP contribution in [0.3, 0.4) is 0 Å². The van der Waals surface area contributed by atoms with Crippen LogP contribution in [0.5, 0.6) is 0 Å². The van der Waals surface area contributed by atoms with E-state index in [0.717, 1.165) is 37.3 Å². The van der Waals surface area contributed by atoms with Gasteiger partial charge in [0, 0.05) is 38.3 Å². The van der Waals surface area contributed by atoms with Crippen LogP contribution in [0.4, 0.5) is 0 Å². The predicted octanol–water partition coefficient (Wildman–Crippen LogP) is 2.65. The molecule has 0 aliphatic carbocycles. The van der Waals surface area contributed by atoms with Gasteiger partial charge in [-0.3, -0.25) is 14.6 Å². The summed E-state index contributed by atoms with van der Waals surface area (Å²) in [5, 5.41) is 7.10. The summed E-state index contributed by atoms with van der Waals surface area (Å²) < 4.78 is 10.2. The van der Waals surface area contributed by atoms with Crippen LogP contribution in [0.2, 0.25) is 0 Å². The van der Waals surface area contributed by atoms with Gasteiger partial charge in [-0.25, -0.2) is 4.79 Å². The van der Waals surface area contributed by atoms with Gasteiger partial charge in [0.05, 0.1) is 25.3 Å². The zero-order chi connectivity index (χ0) is 24.8. The van der Waals surface area contributed by atoms with Crippen LogP contribution in [-0.2, 0) is 22.6 Å². The molecular formula is C26H31N5O4. The second-order valence-electron chi connectivity index (χ2n) is 8.77. The molecule has 0 unspecified atom stereocenters. The number of esters is 1. The van der Waals surface area contributed by atoms with Gasteiger partial charge in [-0.05, 0) is 31.5 Å². The molecule has 35 heavy (non-hydrogen) atoms. The summed E-state index contributed by atoms with van der Waals surface area (Å²) in [6.45, 7) is 8.16. The van der Waals surface area contributed by atoms with Crippen molar-refractivity contribution in [2.24, 2.45) is 0 Å². The first-order valence-corrected chi connectivity index (χ1v) is 11.7. The van der Waals surface area contributed by atoms with E-state index in [1.807, 2.05) is 50.2 Å². The molecule has 2 heterocycles. The van der Waals surface area contributed by atoms with Crippen molar-refractivity contribution in [3.05, 3.63) is 71.1 Å². The summed E-state index contributed by atoms with van der Waals surface area (Å²) in [6, 6.07) is 14.8. The van der Waals surface area contributed by atoms with Crippen molar-refractivity contribution in [2.75, 3.05) is 33.3 Å². The molecule has 3 aromatic rings. The monoisotopic (exact) mass is 477 g/mol. The maximum absolute atomic E-state index is 12.7. The molecule has 1 amide bonds. The van der Waals surface area contributed by atoms with Crippen LogP contribution in [0.1, 0.15) is 34.3 Å². The predicted molar refractivity (Wildman–Crippen MR) is 130 cm³/mol. The molecule has 9 nitrogen and oxygen atoms in total. The average Bonchev–Trinajstić information content (AvgIpc) is 3.36. The number of carbonyl (C=O) groups is 2. The van der Waals surface area contributed by atoms with Crippen molar-refractivity contribution in [1.29, 1.82) is 0 Å². The topological polar surface area (TPSA) is 101 Å². The molecule has 1 N–H and O–H groups in total. The molecule has 1 atom stereocenters. The molecule has 1 saturated heterocycles. The third-order valence-electron chi connectivity index (χ3n) is 6.31. The maximum atomic E-state index is 12.7. The highest BCUT2D eigenvalue weighted by Crippen LogP contribution is 2.18. The minimum atomic E-state index is -0.376. The number of hydrogen-bond acceptors (Lipinski definition) is 8. The Balaban J connectivity index is 1.22. The third-order valence-corrected chi connectivity index (χ3v) is 6.31. The minimum absolute atomic E-state index is 0.0184. The molecular weight excluding hydrogens is 446 g/mol. The van der Waals surface area contributed by atoms with Gasteiger partial charge >= 0.3 is 5.97 Å². The Morgan fingerprint density at radius 2 is 1.74 bits per heavy atom. The number of nitrogens with zero attached hydrogens (tertiary/aromatic N) is 4. The Bertz CT molecular complexity index is 1140. The van der Waals surface area contributed by atoms with E-state index in [1.165, 1.54) is 12.7 Å². The van der Waals surface area contributed by atoms with Crippen molar-refractivity contribution < 1.29 is 18.8 Å². The molecule has 1 aliphatic heterocycles. The van der Waals surface area contributed by atoms with Crippen molar-refractivity contribution in [3.8, 4) is 11.4 Å². The van der Waals surface area contributed by atoms with E-state index in [2.05, 4.69) is 25.3 Å². The average molecular weight is 478 g/mol. The lowest BCUT2D eigenvalue weighted by atomic mass is 10.1. The Morgan fingerprint density at radius 3 is 2.40 bits per heavy atom. The number of rotatable bonds is 8. The van der Waals surface area contributed by atoms with E-state index in [4.69, 9.17) is 9.26 Å². The first-order valence-electron chi connectivity index (χ1n) is 11.7. The summed E-state index contributed by atoms with van der Waals surface area (Å²) in [4.78, 5) is 33.2. The van der Waals surface area contributed by atoms with E-state index >= 15 is 0 Å². The molecule has 2 aromatic carbocycles. The quantitative estimate of drug-likeness (QED) is 0.494. The zero-order valence-electron chi connectivity index (χ0n) is 20.4. The normalized spacial score (nSPS) is 15.5. The Hall–Kier alpha value is -3.56. The summed E-state index contributed by atoms with van der Waals surface area (Å²) in [6.07, 6.45) is 0. The maximum Gasteiger partial charge on any atom is 0.337 e. The van der Waals surface area contributed by atoms with Crippen molar-refractivity contribution in [2.45, 2.75) is 33.0 Å². The molecule has 1 aromatic heterocycles. The Labute approximate surface area is 205 Å². The molecule has 184 valence electrons. The van der Waals surface area contributed by atoms with Gasteiger partial charge in [0.1, 0.15) is 0 Å².